The van der Waals surface area contributed by atoms with Gasteiger partial charge >= 0.3 is 6.09 Å². The first-order chi connectivity index (χ1) is 28.9. The predicted octanol–water partition coefficient (Wildman–Crippen LogP) is 3.98. The summed E-state index contributed by atoms with van der Waals surface area (Å²) in [6.45, 7) is 1.91. The van der Waals surface area contributed by atoms with Crippen LogP contribution in [0, 0.1) is 12.8 Å². The first-order valence-electron chi connectivity index (χ1n) is 21.2. The molecule has 0 spiro atoms. The fourth-order valence-corrected chi connectivity index (χ4v) is 10.2. The third-order valence-electron chi connectivity index (χ3n) is 12.6. The lowest BCUT2D eigenvalue weighted by Gasteiger charge is -2.30. The second-order valence-corrected chi connectivity index (χ2v) is 19.0. The Morgan fingerprint density at radius 3 is 2.50 bits per heavy atom. The minimum absolute atomic E-state index is 0.0258. The van der Waals surface area contributed by atoms with Crippen molar-refractivity contribution in [3.63, 3.8) is 0 Å². The molecule has 5 aliphatic rings. The van der Waals surface area contributed by atoms with Crippen LogP contribution in [0.5, 0.6) is 5.88 Å². The number of nitrogens with zero attached hydrogens (tertiary/aromatic N) is 6. The molecular formula is C42H51N9O8S. The molecule has 3 aromatic heterocycles. The predicted molar refractivity (Wildman–Crippen MR) is 219 cm³/mol. The zero-order chi connectivity index (χ0) is 41.8. The average Bonchev–Trinajstić information content (AvgIpc) is 3.95. The van der Waals surface area contributed by atoms with E-state index in [9.17, 15) is 27.6 Å². The molecule has 60 heavy (non-hydrogen) atoms. The van der Waals surface area contributed by atoms with Crippen LogP contribution in [0.25, 0.3) is 27.9 Å². The van der Waals surface area contributed by atoms with Crippen LogP contribution in [0.2, 0.25) is 0 Å². The Hall–Kier alpha value is -5.52. The van der Waals surface area contributed by atoms with E-state index < -0.39 is 68.7 Å². The number of amides is 4. The number of benzene rings is 1. The lowest BCUT2D eigenvalue weighted by atomic mass is 10.0. The van der Waals surface area contributed by atoms with Crippen molar-refractivity contribution in [2.45, 2.75) is 125 Å². The van der Waals surface area contributed by atoms with Gasteiger partial charge in [0.05, 0.1) is 23.0 Å². The van der Waals surface area contributed by atoms with E-state index in [4.69, 9.17) is 19.6 Å². The minimum Gasteiger partial charge on any atom is -0.472 e. The second kappa shape index (κ2) is 15.8. The molecule has 4 amide bonds. The lowest BCUT2D eigenvalue weighted by Crippen LogP contribution is -2.58. The Kier molecular flexibility index (Phi) is 10.5. The van der Waals surface area contributed by atoms with Crippen molar-refractivity contribution in [1.29, 1.82) is 0 Å². The largest absolute Gasteiger partial charge is 0.472 e. The van der Waals surface area contributed by atoms with Crippen LogP contribution in [-0.2, 0) is 36.2 Å². The highest BCUT2D eigenvalue weighted by molar-refractivity contribution is 7.91. The summed E-state index contributed by atoms with van der Waals surface area (Å²) in [5.74, 6) is -2.01. The number of carbonyl (C=O) groups is 4. The number of ether oxygens (including phenoxy) is 2. The van der Waals surface area contributed by atoms with E-state index in [0.717, 1.165) is 49.6 Å². The molecule has 5 atom stereocenters. The molecule has 0 radical (unpaired) electrons. The quantitative estimate of drug-likeness (QED) is 0.216. The number of carbonyl (C=O) groups excluding carboxylic acids is 4. The number of aryl methyl sites for hydroxylation is 2. The minimum atomic E-state index is -3.91. The third-order valence-corrected chi connectivity index (χ3v) is 14.4. The molecule has 1 aromatic carbocycles. The highest BCUT2D eigenvalue weighted by atomic mass is 32.2. The number of rotatable bonds is 8. The van der Waals surface area contributed by atoms with Crippen molar-refractivity contribution in [3.05, 3.63) is 54.2 Å². The zero-order valence-electron chi connectivity index (χ0n) is 33.8. The average molecular weight is 842 g/mol. The van der Waals surface area contributed by atoms with Gasteiger partial charge in [-0.05, 0) is 89.3 Å². The Balaban J connectivity index is 1.05. The highest BCUT2D eigenvalue weighted by Gasteiger charge is 2.62. The summed E-state index contributed by atoms with van der Waals surface area (Å²) in [7, 11) is -2.06. The summed E-state index contributed by atoms with van der Waals surface area (Å²) in [6.07, 6.45) is 10.0. The summed E-state index contributed by atoms with van der Waals surface area (Å²) < 4.78 is 44.0. The first-order valence-corrected chi connectivity index (χ1v) is 22.7. The van der Waals surface area contributed by atoms with Crippen LogP contribution in [0.4, 0.5) is 4.79 Å². The summed E-state index contributed by atoms with van der Waals surface area (Å²) in [5.41, 5.74) is 1.80. The number of hydrogen-bond donors (Lipinski definition) is 3. The number of aromatic nitrogens is 5. The molecule has 17 nitrogen and oxygen atoms in total. The van der Waals surface area contributed by atoms with E-state index in [1.807, 2.05) is 56.5 Å². The Morgan fingerprint density at radius 2 is 1.73 bits per heavy atom. The van der Waals surface area contributed by atoms with Crippen LogP contribution in [-0.4, -0.2) is 103 Å². The fraction of sp³-hybridized carbons (Fsp3) is 0.548. The standard InChI is InChI=1S/C42H51N9O8S/c1-25-20-34(46-49(25)2)33-22-36(51-37(43-33)30-15-10-11-16-31(30)47-51)58-28-21-35-38(52)45-42(40(54)48-60(56,57)29-18-19-29)23-26(42)12-6-4-3-5-7-17-32(39(53)50(35)24-28)44-41(55)59-27-13-8-9-14-27/h6,10-12,15-16,20,22,26-29,32,35H,3-5,7-9,13-14,17-19,21,23-24H2,1-2H3,(H,44,55)(H,45,52)(H,48,54)/b12-6-/t26-,28-,32+,35+,42-/m1/s1. The topological polar surface area (TPSA) is 208 Å². The summed E-state index contributed by atoms with van der Waals surface area (Å²) in [4.78, 5) is 62.9. The smallest absolute Gasteiger partial charge is 0.408 e. The normalized spacial score (nSPS) is 27.1. The monoisotopic (exact) mass is 841 g/mol. The van der Waals surface area contributed by atoms with Gasteiger partial charge in [0.1, 0.15) is 35.5 Å². The van der Waals surface area contributed by atoms with E-state index in [-0.39, 0.29) is 25.5 Å². The Morgan fingerprint density at radius 1 is 0.950 bits per heavy atom. The van der Waals surface area contributed by atoms with Crippen LogP contribution in [0.1, 0.15) is 89.2 Å². The number of nitrogens with one attached hydrogen (secondary N) is 3. The maximum Gasteiger partial charge on any atom is 0.408 e. The van der Waals surface area contributed by atoms with Crippen molar-refractivity contribution in [1.82, 2.24) is 44.6 Å². The lowest BCUT2D eigenvalue weighted by molar-refractivity contribution is -0.141. The second-order valence-electron chi connectivity index (χ2n) is 17.0. The van der Waals surface area contributed by atoms with E-state index in [1.165, 1.54) is 4.90 Å². The van der Waals surface area contributed by atoms with Gasteiger partial charge in [0, 0.05) is 36.5 Å². The summed E-state index contributed by atoms with van der Waals surface area (Å²) in [5, 5.41) is 15.4. The molecule has 9 rings (SSSR count). The SMILES string of the molecule is Cc1cc(-c2cc(O[C@@H]3C[C@H]4C(=O)N[C@]5(C(=O)NS(=O)(=O)C6CC6)C[C@H]5/C=C\CCCCC[C@H](NC(=O)OC5CCCC5)C(=O)N4C3)n3nc4ccccc4c3n2)nn1C. The molecule has 5 heterocycles. The molecule has 2 aliphatic heterocycles. The van der Waals surface area contributed by atoms with Gasteiger partial charge in [-0.25, -0.2) is 18.2 Å². The molecule has 1 saturated heterocycles. The number of hydrogen-bond acceptors (Lipinski definition) is 11. The van der Waals surface area contributed by atoms with Gasteiger partial charge in [-0.15, -0.1) is 0 Å². The first kappa shape index (κ1) is 39.9. The van der Waals surface area contributed by atoms with E-state index in [0.29, 0.717) is 60.5 Å². The molecule has 4 fully saturated rings. The van der Waals surface area contributed by atoms with E-state index >= 15 is 0 Å². The number of allylic oxidation sites excluding steroid dienone is 1. The van der Waals surface area contributed by atoms with Crippen LogP contribution < -0.4 is 20.1 Å². The Labute approximate surface area is 347 Å². The molecule has 3 N–H and O–H groups in total. The zero-order valence-corrected chi connectivity index (χ0v) is 34.7. The van der Waals surface area contributed by atoms with Gasteiger partial charge in [0.2, 0.25) is 27.7 Å². The number of alkyl carbamates (subject to hydrolysis) is 1. The summed E-state index contributed by atoms with van der Waals surface area (Å²) in [6, 6.07) is 9.11. The Bertz CT molecular complexity index is 2470. The van der Waals surface area contributed by atoms with E-state index in [2.05, 4.69) is 20.5 Å². The van der Waals surface area contributed by atoms with Crippen molar-refractivity contribution >= 4 is 50.4 Å². The molecule has 4 aromatic rings. The highest BCUT2D eigenvalue weighted by Crippen LogP contribution is 2.46. The maximum atomic E-state index is 14.8. The number of sulfonamides is 1. The molecule has 0 unspecified atom stereocenters. The van der Waals surface area contributed by atoms with Gasteiger partial charge in [-0.1, -0.05) is 37.1 Å². The van der Waals surface area contributed by atoms with Crippen molar-refractivity contribution < 1.29 is 37.1 Å². The molecule has 0 bridgehead atoms. The van der Waals surface area contributed by atoms with Crippen molar-refractivity contribution in [2.75, 3.05) is 6.54 Å². The van der Waals surface area contributed by atoms with Gasteiger partial charge in [0.25, 0.3) is 5.91 Å². The molecule has 318 valence electrons. The van der Waals surface area contributed by atoms with E-state index in [1.54, 1.807) is 15.3 Å². The van der Waals surface area contributed by atoms with Gasteiger partial charge in [-0.3, -0.25) is 23.8 Å². The number of fused-ring (bicyclic) bond motifs is 5. The van der Waals surface area contributed by atoms with Crippen molar-refractivity contribution in [2.24, 2.45) is 13.0 Å². The van der Waals surface area contributed by atoms with Gasteiger partial charge in [0.15, 0.2) is 5.65 Å². The maximum absolute atomic E-state index is 14.8. The fourth-order valence-electron chi connectivity index (χ4n) is 8.86. The summed E-state index contributed by atoms with van der Waals surface area (Å²) >= 11 is 0. The molecule has 18 heteroatoms. The van der Waals surface area contributed by atoms with Crippen LogP contribution >= 0.6 is 0 Å². The molecular weight excluding hydrogens is 791 g/mol. The molecule has 3 saturated carbocycles. The van der Waals surface area contributed by atoms with Gasteiger partial charge < -0.3 is 25.0 Å². The van der Waals surface area contributed by atoms with Crippen molar-refractivity contribution in [3.8, 4) is 17.3 Å². The van der Waals surface area contributed by atoms with Gasteiger partial charge in [-0.2, -0.15) is 14.7 Å². The van der Waals surface area contributed by atoms with Crippen LogP contribution in [0.3, 0.4) is 0 Å². The third kappa shape index (κ3) is 7.92. The van der Waals surface area contributed by atoms with Crippen LogP contribution in [0.15, 0.2) is 48.6 Å². The molecule has 3 aliphatic carbocycles.